The predicted octanol–water partition coefficient (Wildman–Crippen LogP) is 4.82. The lowest BCUT2D eigenvalue weighted by Crippen LogP contribution is -1.98. The van der Waals surface area contributed by atoms with Crippen molar-refractivity contribution >= 4 is 39.1 Å². The van der Waals surface area contributed by atoms with Crippen LogP contribution < -0.4 is 5.32 Å². The first kappa shape index (κ1) is 12.8. The normalized spacial score (nSPS) is 10.8. The molecule has 0 spiro atoms. The van der Waals surface area contributed by atoms with E-state index < -0.39 is 0 Å². The van der Waals surface area contributed by atoms with E-state index in [0.29, 0.717) is 0 Å². The van der Waals surface area contributed by atoms with Gasteiger partial charge in [-0.2, -0.15) is 0 Å². The van der Waals surface area contributed by atoms with Gasteiger partial charge in [-0.15, -0.1) is 34.0 Å². The van der Waals surface area contributed by atoms with Gasteiger partial charge in [-0.3, -0.25) is 0 Å². The molecule has 0 amide bonds. The van der Waals surface area contributed by atoms with Crippen LogP contribution in [0.5, 0.6) is 0 Å². The van der Waals surface area contributed by atoms with Crippen LogP contribution in [0, 0.1) is 0 Å². The molecule has 3 heterocycles. The number of aromatic nitrogens is 2. The number of thiazole rings is 2. The van der Waals surface area contributed by atoms with Gasteiger partial charge in [-0.05, 0) is 17.9 Å². The summed E-state index contributed by atoms with van der Waals surface area (Å²) in [6, 6.07) is 4.15. The van der Waals surface area contributed by atoms with Gasteiger partial charge in [0, 0.05) is 17.3 Å². The van der Waals surface area contributed by atoms with Crippen LogP contribution in [-0.2, 0) is 0 Å². The van der Waals surface area contributed by atoms with Crippen molar-refractivity contribution in [2.45, 2.75) is 13.3 Å². The summed E-state index contributed by atoms with van der Waals surface area (Å²) in [7, 11) is 0. The summed E-state index contributed by atoms with van der Waals surface area (Å²) in [5.41, 5.74) is 1.93. The highest BCUT2D eigenvalue weighted by Crippen LogP contribution is 2.32. The second kappa shape index (κ2) is 5.81. The first-order valence-corrected chi connectivity index (χ1v) is 8.70. The largest absolute Gasteiger partial charge is 0.362 e. The number of rotatable bonds is 5. The molecular formula is C13H13N3S3. The third-order valence-corrected chi connectivity index (χ3v) is 5.21. The highest BCUT2D eigenvalue weighted by atomic mass is 32.1. The Balaban J connectivity index is 1.81. The van der Waals surface area contributed by atoms with Crippen LogP contribution >= 0.6 is 34.0 Å². The molecule has 0 unspecified atom stereocenters. The van der Waals surface area contributed by atoms with Crippen molar-refractivity contribution in [2.24, 2.45) is 0 Å². The molecule has 19 heavy (non-hydrogen) atoms. The zero-order valence-electron chi connectivity index (χ0n) is 10.4. The average Bonchev–Trinajstić information content (AvgIpc) is 3.14. The fourth-order valence-electron chi connectivity index (χ4n) is 1.61. The van der Waals surface area contributed by atoms with Crippen LogP contribution in [0.3, 0.4) is 0 Å². The minimum Gasteiger partial charge on any atom is -0.362 e. The molecule has 98 valence electrons. The van der Waals surface area contributed by atoms with Crippen LogP contribution in [0.25, 0.3) is 21.3 Å². The fourth-order valence-corrected chi connectivity index (χ4v) is 3.97. The molecule has 0 aromatic carbocycles. The Morgan fingerprint density at radius 3 is 2.74 bits per heavy atom. The Bertz CT molecular complexity index is 640. The molecule has 0 atom stereocenters. The van der Waals surface area contributed by atoms with Crippen LogP contribution in [0.4, 0.5) is 5.13 Å². The van der Waals surface area contributed by atoms with E-state index in [1.165, 1.54) is 4.88 Å². The monoisotopic (exact) mass is 307 g/mol. The molecule has 3 nitrogen and oxygen atoms in total. The van der Waals surface area contributed by atoms with Gasteiger partial charge in [0.05, 0.1) is 4.88 Å². The van der Waals surface area contributed by atoms with Gasteiger partial charge in [0.15, 0.2) is 5.13 Å². The van der Waals surface area contributed by atoms with Crippen LogP contribution in [0.1, 0.15) is 13.3 Å². The number of nitrogens with zero attached hydrogens (tertiary/aromatic N) is 2. The van der Waals surface area contributed by atoms with E-state index in [4.69, 9.17) is 0 Å². The Morgan fingerprint density at radius 2 is 1.95 bits per heavy atom. The van der Waals surface area contributed by atoms with Crippen molar-refractivity contribution in [3.8, 4) is 21.3 Å². The second-order valence-electron chi connectivity index (χ2n) is 3.98. The van der Waals surface area contributed by atoms with Gasteiger partial charge in [0.25, 0.3) is 0 Å². The van der Waals surface area contributed by atoms with E-state index in [9.17, 15) is 0 Å². The molecule has 0 fully saturated rings. The molecule has 0 radical (unpaired) electrons. The Hall–Kier alpha value is -1.24. The highest BCUT2D eigenvalue weighted by molar-refractivity contribution is 7.20. The lowest BCUT2D eigenvalue weighted by Gasteiger charge is -1.96. The van der Waals surface area contributed by atoms with Crippen LogP contribution in [0.2, 0.25) is 0 Å². The molecule has 3 rings (SSSR count). The summed E-state index contributed by atoms with van der Waals surface area (Å²) in [5.74, 6) is 0. The molecule has 0 saturated carbocycles. The molecule has 0 saturated heterocycles. The first-order valence-electron chi connectivity index (χ1n) is 6.06. The number of hydrogen-bond acceptors (Lipinski definition) is 6. The van der Waals surface area contributed by atoms with Crippen molar-refractivity contribution in [3.63, 3.8) is 0 Å². The van der Waals surface area contributed by atoms with Gasteiger partial charge in [-0.1, -0.05) is 13.0 Å². The molecule has 6 heteroatoms. The van der Waals surface area contributed by atoms with Gasteiger partial charge in [0.1, 0.15) is 16.4 Å². The average molecular weight is 307 g/mol. The molecule has 0 aliphatic carbocycles. The molecule has 0 aliphatic heterocycles. The third kappa shape index (κ3) is 2.86. The third-order valence-electron chi connectivity index (χ3n) is 2.53. The molecular weight excluding hydrogens is 294 g/mol. The van der Waals surface area contributed by atoms with Crippen molar-refractivity contribution in [2.75, 3.05) is 11.9 Å². The zero-order valence-corrected chi connectivity index (χ0v) is 12.9. The number of hydrogen-bond donors (Lipinski definition) is 1. The molecule has 0 aliphatic rings. The first-order chi connectivity index (χ1) is 9.36. The smallest absolute Gasteiger partial charge is 0.183 e. The molecule has 1 N–H and O–H groups in total. The summed E-state index contributed by atoms with van der Waals surface area (Å²) >= 11 is 5.03. The van der Waals surface area contributed by atoms with Crippen molar-refractivity contribution in [3.05, 3.63) is 28.3 Å². The van der Waals surface area contributed by atoms with Gasteiger partial charge in [-0.25, -0.2) is 9.97 Å². The van der Waals surface area contributed by atoms with Crippen LogP contribution in [-0.4, -0.2) is 16.5 Å². The number of thiophene rings is 1. The fraction of sp³-hybridized carbons (Fsp3) is 0.231. The SMILES string of the molecule is CCCNc1nc(-c2csc(-c3cccs3)n2)cs1. The standard InChI is InChI=1S/C13H13N3S3/c1-2-5-14-13-16-10(8-19-13)9-7-18-12(15-9)11-4-3-6-17-11/h3-4,6-8H,2,5H2,1H3,(H,14,16). The van der Waals surface area contributed by atoms with Gasteiger partial charge < -0.3 is 5.32 Å². The maximum Gasteiger partial charge on any atom is 0.183 e. The Morgan fingerprint density at radius 1 is 1.11 bits per heavy atom. The molecule has 3 aromatic heterocycles. The Labute approximate surface area is 124 Å². The highest BCUT2D eigenvalue weighted by Gasteiger charge is 2.10. The minimum absolute atomic E-state index is 0.961. The number of nitrogens with one attached hydrogen (secondary N) is 1. The predicted molar refractivity (Wildman–Crippen MR) is 85.3 cm³/mol. The summed E-state index contributed by atoms with van der Waals surface area (Å²) in [6.45, 7) is 3.11. The quantitative estimate of drug-likeness (QED) is 0.734. The maximum atomic E-state index is 4.66. The van der Waals surface area contributed by atoms with Crippen molar-refractivity contribution < 1.29 is 0 Å². The second-order valence-corrected chi connectivity index (χ2v) is 6.64. The van der Waals surface area contributed by atoms with E-state index in [-0.39, 0.29) is 0 Å². The van der Waals surface area contributed by atoms with Gasteiger partial charge >= 0.3 is 0 Å². The minimum atomic E-state index is 0.961. The van der Waals surface area contributed by atoms with E-state index >= 15 is 0 Å². The molecule has 0 bridgehead atoms. The van der Waals surface area contributed by atoms with Crippen molar-refractivity contribution in [1.29, 1.82) is 0 Å². The van der Waals surface area contributed by atoms with Crippen molar-refractivity contribution in [1.82, 2.24) is 9.97 Å². The van der Waals surface area contributed by atoms with E-state index in [1.54, 1.807) is 34.0 Å². The molecule has 3 aromatic rings. The topological polar surface area (TPSA) is 37.8 Å². The Kier molecular flexibility index (Phi) is 3.91. The van der Waals surface area contributed by atoms with E-state index in [2.05, 4.69) is 50.5 Å². The van der Waals surface area contributed by atoms with E-state index in [0.717, 1.165) is 34.5 Å². The summed E-state index contributed by atoms with van der Waals surface area (Å²) in [4.78, 5) is 10.4. The zero-order chi connectivity index (χ0) is 13.1. The summed E-state index contributed by atoms with van der Waals surface area (Å²) in [6.07, 6.45) is 1.11. The summed E-state index contributed by atoms with van der Waals surface area (Å²) < 4.78 is 0. The maximum absolute atomic E-state index is 4.66. The number of anilines is 1. The lowest BCUT2D eigenvalue weighted by molar-refractivity contribution is 0.976. The summed E-state index contributed by atoms with van der Waals surface area (Å²) in [5, 5.41) is 11.6. The van der Waals surface area contributed by atoms with Gasteiger partial charge in [0.2, 0.25) is 0 Å². The lowest BCUT2D eigenvalue weighted by atomic mass is 10.4. The van der Waals surface area contributed by atoms with Crippen LogP contribution in [0.15, 0.2) is 28.3 Å². The van der Waals surface area contributed by atoms with E-state index in [1.807, 2.05) is 0 Å².